The van der Waals surface area contributed by atoms with Gasteiger partial charge in [0.2, 0.25) is 5.91 Å². The fourth-order valence-electron chi connectivity index (χ4n) is 1.81. The molecule has 0 saturated heterocycles. The third kappa shape index (κ3) is 4.91. The Balaban J connectivity index is 2.02. The van der Waals surface area contributed by atoms with Gasteiger partial charge in [0, 0.05) is 9.92 Å². The summed E-state index contributed by atoms with van der Waals surface area (Å²) in [6, 6.07) is 11.1. The lowest BCUT2D eigenvalue weighted by molar-refractivity contribution is -0.137. The monoisotopic (exact) mass is 370 g/mol. The Kier molecular flexibility index (Phi) is 5.75. The van der Waals surface area contributed by atoms with Gasteiger partial charge in [-0.2, -0.15) is 18.4 Å². The Labute approximate surface area is 145 Å². The Hall–Kier alpha value is -2.17. The van der Waals surface area contributed by atoms with E-state index in [1.165, 1.54) is 30.3 Å². The predicted octanol–water partition coefficient (Wildman–Crippen LogP) is 4.96. The summed E-state index contributed by atoms with van der Waals surface area (Å²) in [5, 5.41) is 11.9. The molecular formula is C16H10ClF3N2OS. The molecule has 3 nitrogen and oxygen atoms in total. The maximum Gasteiger partial charge on any atom is 0.416 e. The minimum Gasteiger partial charge on any atom is -0.324 e. The van der Waals surface area contributed by atoms with Crippen LogP contribution in [0, 0.1) is 11.3 Å². The molecule has 0 aliphatic rings. The van der Waals surface area contributed by atoms with E-state index in [0.717, 1.165) is 23.9 Å². The van der Waals surface area contributed by atoms with Crippen LogP contribution in [-0.4, -0.2) is 11.7 Å². The van der Waals surface area contributed by atoms with E-state index in [0.29, 0.717) is 9.92 Å². The lowest BCUT2D eigenvalue weighted by Gasteiger charge is -2.09. The highest BCUT2D eigenvalue weighted by Crippen LogP contribution is 2.32. The van der Waals surface area contributed by atoms with Crippen LogP contribution in [-0.2, 0) is 11.0 Å². The number of hydrogen-bond acceptors (Lipinski definition) is 3. The fraction of sp³-hybridized carbons (Fsp3) is 0.125. The van der Waals surface area contributed by atoms with E-state index >= 15 is 0 Å². The summed E-state index contributed by atoms with van der Waals surface area (Å²) in [6.07, 6.45) is -4.43. The highest BCUT2D eigenvalue weighted by molar-refractivity contribution is 8.00. The van der Waals surface area contributed by atoms with E-state index in [1.54, 1.807) is 0 Å². The Bertz CT molecular complexity index is 803. The van der Waals surface area contributed by atoms with Gasteiger partial charge in [0.1, 0.15) is 6.07 Å². The van der Waals surface area contributed by atoms with Crippen molar-refractivity contribution in [2.75, 3.05) is 11.1 Å². The van der Waals surface area contributed by atoms with Crippen molar-refractivity contribution >= 4 is 35.0 Å². The number of halogens is 4. The summed E-state index contributed by atoms with van der Waals surface area (Å²) < 4.78 is 37.9. The third-order valence-corrected chi connectivity index (χ3v) is 4.14. The van der Waals surface area contributed by atoms with Crippen LogP contribution in [0.4, 0.5) is 18.9 Å². The lowest BCUT2D eigenvalue weighted by Crippen LogP contribution is -2.15. The van der Waals surface area contributed by atoms with Crippen LogP contribution in [0.15, 0.2) is 47.4 Å². The average molecular weight is 371 g/mol. The second-order valence-electron chi connectivity index (χ2n) is 4.66. The van der Waals surface area contributed by atoms with Crippen molar-refractivity contribution in [1.29, 1.82) is 5.26 Å². The van der Waals surface area contributed by atoms with Gasteiger partial charge in [-0.3, -0.25) is 4.79 Å². The van der Waals surface area contributed by atoms with Crippen LogP contribution in [0.5, 0.6) is 0 Å². The maximum atomic E-state index is 12.6. The van der Waals surface area contributed by atoms with Gasteiger partial charge in [-0.1, -0.05) is 17.7 Å². The second-order valence-corrected chi connectivity index (χ2v) is 6.15. The molecule has 0 aromatic heterocycles. The van der Waals surface area contributed by atoms with E-state index in [9.17, 15) is 18.0 Å². The average Bonchev–Trinajstić information content (AvgIpc) is 2.53. The van der Waals surface area contributed by atoms with Gasteiger partial charge >= 0.3 is 6.18 Å². The molecule has 2 aromatic rings. The molecule has 0 aliphatic heterocycles. The molecule has 0 spiro atoms. The summed E-state index contributed by atoms with van der Waals surface area (Å²) in [5.41, 5.74) is -0.258. The standard InChI is InChI=1S/C16H10ClF3N2OS/c17-12-5-4-10(8-21)14(7-12)22-15(23)9-24-13-3-1-2-11(6-13)16(18,19)20/h1-7H,9H2,(H,22,23). The van der Waals surface area contributed by atoms with E-state index in [1.807, 2.05) is 6.07 Å². The zero-order valence-electron chi connectivity index (χ0n) is 12.0. The molecule has 0 heterocycles. The molecular weight excluding hydrogens is 361 g/mol. The predicted molar refractivity (Wildman–Crippen MR) is 87.0 cm³/mol. The first-order chi connectivity index (χ1) is 11.3. The van der Waals surface area contributed by atoms with E-state index in [-0.39, 0.29) is 17.0 Å². The molecule has 1 amide bonds. The van der Waals surface area contributed by atoms with Crippen molar-refractivity contribution in [3.8, 4) is 6.07 Å². The molecule has 2 rings (SSSR count). The zero-order chi connectivity index (χ0) is 17.7. The molecule has 2 aromatic carbocycles. The highest BCUT2D eigenvalue weighted by Gasteiger charge is 2.30. The number of benzene rings is 2. The number of nitrogens with one attached hydrogen (secondary N) is 1. The first-order valence-electron chi connectivity index (χ1n) is 6.59. The van der Waals surface area contributed by atoms with E-state index in [2.05, 4.69) is 5.32 Å². The lowest BCUT2D eigenvalue weighted by atomic mass is 10.2. The molecule has 8 heteroatoms. The summed E-state index contributed by atoms with van der Waals surface area (Å²) in [6.45, 7) is 0. The molecule has 0 atom stereocenters. The molecule has 0 radical (unpaired) electrons. The number of rotatable bonds is 4. The minimum atomic E-state index is -4.43. The van der Waals surface area contributed by atoms with Crippen molar-refractivity contribution in [3.63, 3.8) is 0 Å². The van der Waals surface area contributed by atoms with Gasteiger partial charge in [0.15, 0.2) is 0 Å². The largest absolute Gasteiger partial charge is 0.416 e. The molecule has 0 fully saturated rings. The normalized spacial score (nSPS) is 11.0. The molecule has 1 N–H and O–H groups in total. The number of anilines is 1. The van der Waals surface area contributed by atoms with Crippen LogP contribution < -0.4 is 5.32 Å². The van der Waals surface area contributed by atoms with E-state index < -0.39 is 17.6 Å². The minimum absolute atomic E-state index is 0.0985. The van der Waals surface area contributed by atoms with Gasteiger partial charge < -0.3 is 5.32 Å². The number of nitrogens with zero attached hydrogens (tertiary/aromatic N) is 1. The smallest absolute Gasteiger partial charge is 0.324 e. The summed E-state index contributed by atoms with van der Waals surface area (Å²) in [5.74, 6) is -0.547. The first-order valence-corrected chi connectivity index (χ1v) is 7.95. The fourth-order valence-corrected chi connectivity index (χ4v) is 2.74. The van der Waals surface area contributed by atoms with Crippen molar-refractivity contribution in [3.05, 3.63) is 58.6 Å². The van der Waals surface area contributed by atoms with E-state index in [4.69, 9.17) is 16.9 Å². The topological polar surface area (TPSA) is 52.9 Å². The highest BCUT2D eigenvalue weighted by atomic mass is 35.5. The molecule has 0 bridgehead atoms. The summed E-state index contributed by atoms with van der Waals surface area (Å²) in [7, 11) is 0. The van der Waals surface area contributed by atoms with Gasteiger partial charge in [-0.05, 0) is 36.4 Å². The van der Waals surface area contributed by atoms with Crippen LogP contribution in [0.25, 0.3) is 0 Å². The van der Waals surface area contributed by atoms with Crippen molar-refractivity contribution in [1.82, 2.24) is 0 Å². The van der Waals surface area contributed by atoms with Gasteiger partial charge in [-0.25, -0.2) is 0 Å². The Morgan fingerprint density at radius 2 is 2.00 bits per heavy atom. The SMILES string of the molecule is N#Cc1ccc(Cl)cc1NC(=O)CSc1cccc(C(F)(F)F)c1. The quantitative estimate of drug-likeness (QED) is 0.774. The number of carbonyl (C=O) groups is 1. The van der Waals surface area contributed by atoms with Crippen LogP contribution in [0.2, 0.25) is 5.02 Å². The number of hydrogen-bond donors (Lipinski definition) is 1. The zero-order valence-corrected chi connectivity index (χ0v) is 13.6. The number of alkyl halides is 3. The van der Waals surface area contributed by atoms with Gasteiger partial charge in [0.05, 0.1) is 22.6 Å². The Morgan fingerprint density at radius 1 is 1.25 bits per heavy atom. The molecule has 0 unspecified atom stereocenters. The van der Waals surface area contributed by atoms with Gasteiger partial charge in [0.25, 0.3) is 0 Å². The summed E-state index contributed by atoms with van der Waals surface area (Å²) in [4.78, 5) is 12.3. The number of thioether (sulfide) groups is 1. The van der Waals surface area contributed by atoms with Crippen molar-refractivity contribution < 1.29 is 18.0 Å². The van der Waals surface area contributed by atoms with Gasteiger partial charge in [-0.15, -0.1) is 11.8 Å². The second kappa shape index (κ2) is 7.60. The van der Waals surface area contributed by atoms with Crippen LogP contribution in [0.3, 0.4) is 0 Å². The molecule has 0 saturated carbocycles. The first kappa shape index (κ1) is 18.2. The molecule has 0 aliphatic carbocycles. The number of nitriles is 1. The molecule has 24 heavy (non-hydrogen) atoms. The summed E-state index contributed by atoms with van der Waals surface area (Å²) >= 11 is 6.79. The number of carbonyl (C=O) groups excluding carboxylic acids is 1. The molecule has 124 valence electrons. The maximum absolute atomic E-state index is 12.6. The third-order valence-electron chi connectivity index (χ3n) is 2.91. The van der Waals surface area contributed by atoms with Crippen molar-refractivity contribution in [2.45, 2.75) is 11.1 Å². The Morgan fingerprint density at radius 3 is 2.67 bits per heavy atom. The van der Waals surface area contributed by atoms with Crippen molar-refractivity contribution in [2.24, 2.45) is 0 Å². The number of amides is 1. The van der Waals surface area contributed by atoms with Crippen LogP contribution in [0.1, 0.15) is 11.1 Å². The van der Waals surface area contributed by atoms with Crippen LogP contribution >= 0.6 is 23.4 Å².